The van der Waals surface area contributed by atoms with Crippen LogP contribution in [0.5, 0.6) is 0 Å². The van der Waals surface area contributed by atoms with Crippen LogP contribution < -0.4 is 5.32 Å². The van der Waals surface area contributed by atoms with E-state index in [-0.39, 0.29) is 5.54 Å². The lowest BCUT2D eigenvalue weighted by Gasteiger charge is -2.47. The van der Waals surface area contributed by atoms with Crippen LogP contribution in [0.2, 0.25) is 0 Å². The maximum Gasteiger partial charge on any atom is 0.150 e. The summed E-state index contributed by atoms with van der Waals surface area (Å²) in [7, 11) is -2.75. The standard InChI is InChI=1S/C15H28N2O2S/c1-3-14-8-16-15(2,13-4-5-13)11-17(14)9-12-6-7-20(18,19)10-12/h12-14,16H,3-11H2,1-2H3. The molecule has 2 saturated heterocycles. The summed E-state index contributed by atoms with van der Waals surface area (Å²) in [5.74, 6) is 2.00. The van der Waals surface area contributed by atoms with Crippen LogP contribution in [0.1, 0.15) is 39.5 Å². The number of nitrogens with zero attached hydrogens (tertiary/aromatic N) is 1. The van der Waals surface area contributed by atoms with E-state index in [1.54, 1.807) is 0 Å². The maximum atomic E-state index is 11.6. The van der Waals surface area contributed by atoms with Crippen molar-refractivity contribution >= 4 is 9.84 Å². The van der Waals surface area contributed by atoms with E-state index < -0.39 is 9.84 Å². The summed E-state index contributed by atoms with van der Waals surface area (Å²) in [6.45, 7) is 7.72. The Bertz CT molecular complexity index is 460. The molecule has 3 rings (SSSR count). The second kappa shape index (κ2) is 5.25. The molecule has 20 heavy (non-hydrogen) atoms. The van der Waals surface area contributed by atoms with Crippen molar-refractivity contribution in [3.05, 3.63) is 0 Å². The smallest absolute Gasteiger partial charge is 0.150 e. The van der Waals surface area contributed by atoms with Gasteiger partial charge in [0.2, 0.25) is 0 Å². The van der Waals surface area contributed by atoms with E-state index in [0.29, 0.717) is 23.5 Å². The van der Waals surface area contributed by atoms with Gasteiger partial charge < -0.3 is 5.32 Å². The van der Waals surface area contributed by atoms with Gasteiger partial charge in [-0.15, -0.1) is 0 Å². The van der Waals surface area contributed by atoms with E-state index in [1.807, 2.05) is 0 Å². The Morgan fingerprint density at radius 3 is 2.60 bits per heavy atom. The third kappa shape index (κ3) is 3.04. The number of hydrogen-bond donors (Lipinski definition) is 1. The molecule has 5 heteroatoms. The monoisotopic (exact) mass is 300 g/mol. The summed E-state index contributed by atoms with van der Waals surface area (Å²) in [5.41, 5.74) is 0.253. The van der Waals surface area contributed by atoms with E-state index in [9.17, 15) is 8.42 Å². The number of rotatable bonds is 4. The highest BCUT2D eigenvalue weighted by molar-refractivity contribution is 7.91. The number of piperazine rings is 1. The van der Waals surface area contributed by atoms with Crippen LogP contribution in [-0.4, -0.2) is 56.0 Å². The van der Waals surface area contributed by atoms with Gasteiger partial charge in [0.05, 0.1) is 11.5 Å². The lowest BCUT2D eigenvalue weighted by atomic mass is 9.89. The van der Waals surface area contributed by atoms with Gasteiger partial charge in [0.15, 0.2) is 9.84 Å². The van der Waals surface area contributed by atoms with Crippen LogP contribution in [0.15, 0.2) is 0 Å². The molecule has 0 spiro atoms. The first-order chi connectivity index (χ1) is 9.42. The molecule has 116 valence electrons. The summed E-state index contributed by atoms with van der Waals surface area (Å²) in [6.07, 6.45) is 4.72. The minimum absolute atomic E-state index is 0.253. The van der Waals surface area contributed by atoms with Crippen molar-refractivity contribution in [1.29, 1.82) is 0 Å². The summed E-state index contributed by atoms with van der Waals surface area (Å²) >= 11 is 0. The fourth-order valence-corrected chi connectivity index (χ4v) is 5.89. The van der Waals surface area contributed by atoms with Gasteiger partial charge in [-0.25, -0.2) is 8.42 Å². The minimum Gasteiger partial charge on any atom is -0.308 e. The van der Waals surface area contributed by atoms with Gasteiger partial charge in [-0.3, -0.25) is 4.90 Å². The topological polar surface area (TPSA) is 49.4 Å². The van der Waals surface area contributed by atoms with Gasteiger partial charge in [0.1, 0.15) is 0 Å². The third-order valence-corrected chi connectivity index (χ3v) is 7.40. The van der Waals surface area contributed by atoms with Crippen molar-refractivity contribution in [2.75, 3.05) is 31.1 Å². The Hall–Kier alpha value is -0.130. The molecular weight excluding hydrogens is 272 g/mol. The van der Waals surface area contributed by atoms with Crippen LogP contribution in [-0.2, 0) is 9.84 Å². The molecule has 0 aromatic heterocycles. The van der Waals surface area contributed by atoms with Crippen molar-refractivity contribution in [2.24, 2.45) is 11.8 Å². The molecule has 0 aromatic rings. The number of hydrogen-bond acceptors (Lipinski definition) is 4. The van der Waals surface area contributed by atoms with Gasteiger partial charge >= 0.3 is 0 Å². The molecule has 2 aliphatic heterocycles. The quantitative estimate of drug-likeness (QED) is 0.849. The molecule has 3 unspecified atom stereocenters. The maximum absolute atomic E-state index is 11.6. The lowest BCUT2D eigenvalue weighted by molar-refractivity contribution is 0.0621. The Balaban J connectivity index is 1.65. The zero-order chi connectivity index (χ0) is 14.4. The van der Waals surface area contributed by atoms with Crippen molar-refractivity contribution in [3.63, 3.8) is 0 Å². The van der Waals surface area contributed by atoms with Crippen molar-refractivity contribution in [2.45, 2.75) is 51.1 Å². The molecule has 0 bridgehead atoms. The van der Waals surface area contributed by atoms with E-state index in [0.717, 1.165) is 38.4 Å². The molecule has 0 aromatic carbocycles. The van der Waals surface area contributed by atoms with Crippen LogP contribution in [0, 0.1) is 11.8 Å². The van der Waals surface area contributed by atoms with Gasteiger partial charge in [-0.2, -0.15) is 0 Å². The summed E-state index contributed by atoms with van der Waals surface area (Å²) in [5, 5.41) is 3.77. The molecule has 1 aliphatic carbocycles. The van der Waals surface area contributed by atoms with Gasteiger partial charge in [0, 0.05) is 31.2 Å². The normalized spacial score (nSPS) is 41.9. The van der Waals surface area contributed by atoms with E-state index >= 15 is 0 Å². The molecule has 3 fully saturated rings. The van der Waals surface area contributed by atoms with Gasteiger partial charge in [-0.1, -0.05) is 6.92 Å². The SMILES string of the molecule is CCC1CNC(C)(C2CC2)CN1CC1CCS(=O)(=O)C1. The second-order valence-corrected chi connectivity index (χ2v) is 9.56. The van der Waals surface area contributed by atoms with Crippen LogP contribution >= 0.6 is 0 Å². The first kappa shape index (κ1) is 14.8. The second-order valence-electron chi connectivity index (χ2n) is 7.33. The van der Waals surface area contributed by atoms with E-state index in [1.165, 1.54) is 12.8 Å². The van der Waals surface area contributed by atoms with E-state index in [2.05, 4.69) is 24.1 Å². The molecule has 0 amide bonds. The van der Waals surface area contributed by atoms with Gasteiger partial charge in [-0.05, 0) is 44.4 Å². The van der Waals surface area contributed by atoms with Crippen LogP contribution in [0.25, 0.3) is 0 Å². The largest absolute Gasteiger partial charge is 0.308 e. The Labute approximate surface area is 123 Å². The first-order valence-electron chi connectivity index (χ1n) is 8.11. The van der Waals surface area contributed by atoms with Crippen LogP contribution in [0.3, 0.4) is 0 Å². The molecule has 1 N–H and O–H groups in total. The highest BCUT2D eigenvalue weighted by Crippen LogP contribution is 2.41. The zero-order valence-electron chi connectivity index (χ0n) is 12.8. The molecule has 0 radical (unpaired) electrons. The van der Waals surface area contributed by atoms with Crippen molar-refractivity contribution in [1.82, 2.24) is 10.2 Å². The summed E-state index contributed by atoms with van der Waals surface area (Å²) < 4.78 is 23.3. The van der Waals surface area contributed by atoms with Crippen molar-refractivity contribution < 1.29 is 8.42 Å². The minimum atomic E-state index is -2.75. The average Bonchev–Trinajstić information content (AvgIpc) is 3.17. The molecular formula is C15H28N2O2S. The fourth-order valence-electron chi connectivity index (χ4n) is 4.04. The summed E-state index contributed by atoms with van der Waals surface area (Å²) in [6, 6.07) is 0.574. The molecule has 3 aliphatic rings. The number of nitrogens with one attached hydrogen (secondary N) is 1. The highest BCUT2D eigenvalue weighted by atomic mass is 32.2. The third-order valence-electron chi connectivity index (χ3n) is 5.56. The molecule has 4 nitrogen and oxygen atoms in total. The first-order valence-corrected chi connectivity index (χ1v) is 9.93. The predicted octanol–water partition coefficient (Wildman–Crippen LogP) is 1.27. The lowest BCUT2D eigenvalue weighted by Crippen LogP contribution is -2.64. The Morgan fingerprint density at radius 1 is 1.30 bits per heavy atom. The van der Waals surface area contributed by atoms with Crippen LogP contribution in [0.4, 0.5) is 0 Å². The Kier molecular flexibility index (Phi) is 3.89. The molecule has 3 atom stereocenters. The Morgan fingerprint density at radius 2 is 2.05 bits per heavy atom. The highest BCUT2D eigenvalue weighted by Gasteiger charge is 2.46. The summed E-state index contributed by atoms with van der Waals surface area (Å²) in [4.78, 5) is 2.58. The molecule has 1 saturated carbocycles. The predicted molar refractivity (Wildman–Crippen MR) is 81.5 cm³/mol. The fraction of sp³-hybridized carbons (Fsp3) is 1.00. The van der Waals surface area contributed by atoms with Gasteiger partial charge in [0.25, 0.3) is 0 Å². The van der Waals surface area contributed by atoms with Crippen molar-refractivity contribution in [3.8, 4) is 0 Å². The van der Waals surface area contributed by atoms with E-state index in [4.69, 9.17) is 0 Å². The number of sulfone groups is 1. The zero-order valence-corrected chi connectivity index (χ0v) is 13.6. The average molecular weight is 300 g/mol. The molecule has 2 heterocycles.